The Balaban J connectivity index is 1.48. The van der Waals surface area contributed by atoms with Gasteiger partial charge in [-0.15, -0.1) is 0 Å². The molecule has 0 radical (unpaired) electrons. The fourth-order valence-electron chi connectivity index (χ4n) is 3.76. The van der Waals surface area contributed by atoms with E-state index in [0.717, 1.165) is 5.56 Å². The van der Waals surface area contributed by atoms with Gasteiger partial charge in [-0.3, -0.25) is 13.7 Å². The molecule has 186 valence electrons. The lowest BCUT2D eigenvalue weighted by Crippen LogP contribution is -2.31. The molecule has 3 aromatic rings. The van der Waals surface area contributed by atoms with Gasteiger partial charge in [-0.05, 0) is 42.7 Å². The zero-order chi connectivity index (χ0) is 25.2. The summed E-state index contributed by atoms with van der Waals surface area (Å²) in [4.78, 5) is 21.3. The molecule has 0 saturated heterocycles. The van der Waals surface area contributed by atoms with Crippen LogP contribution in [0.1, 0.15) is 34.5 Å². The highest BCUT2D eigenvalue weighted by atomic mass is 35.5. The van der Waals surface area contributed by atoms with Crippen LogP contribution in [-0.2, 0) is 21.0 Å². The van der Waals surface area contributed by atoms with Crippen molar-refractivity contribution in [2.75, 3.05) is 12.4 Å². The zero-order valence-electron chi connectivity index (χ0n) is 18.4. The van der Waals surface area contributed by atoms with E-state index in [1.165, 1.54) is 19.6 Å². The molecule has 0 aliphatic heterocycles. The van der Waals surface area contributed by atoms with Crippen LogP contribution in [0.5, 0.6) is 0 Å². The minimum Gasteiger partial charge on any atom is -0.390 e. The first-order valence-electron chi connectivity index (χ1n) is 10.5. The van der Waals surface area contributed by atoms with Crippen LogP contribution in [0.3, 0.4) is 0 Å². The molecule has 1 aromatic carbocycles. The monoisotopic (exact) mass is 540 g/mol. The van der Waals surface area contributed by atoms with Crippen molar-refractivity contribution in [1.29, 1.82) is 0 Å². The second-order valence-electron chi connectivity index (χ2n) is 7.92. The maximum Gasteiger partial charge on any atom is 0.335 e. The number of carbonyl (C=O) groups is 1. The van der Waals surface area contributed by atoms with Gasteiger partial charge in [0.1, 0.15) is 23.9 Å². The molecule has 1 saturated carbocycles. The Bertz CT molecular complexity index is 1340. The van der Waals surface area contributed by atoms with Gasteiger partial charge in [-0.2, -0.15) is 18.2 Å². The van der Waals surface area contributed by atoms with Gasteiger partial charge in [0.15, 0.2) is 0 Å². The van der Waals surface area contributed by atoms with Crippen LogP contribution < -0.4 is 10.0 Å². The average Bonchev–Trinajstić information content (AvgIpc) is 3.42. The molecule has 4 rings (SSSR count). The standard InChI is InChI=1S/C21H22Cl2N6O5S/c1-24-35(32,33)34-19-8-14(7-18(19)30)27-21-15(9-25-11-26-21)20(31)17-4-5-29(28-17)10-12-6-13(22)2-3-16(12)23/h2-6,9,11,14,18-19,24,30H,7-8,10H2,1H3,(H,25,26,27)/t14-,18+,19-/m1/s1. The predicted octanol–water partition coefficient (Wildman–Crippen LogP) is 2.04. The van der Waals surface area contributed by atoms with Crippen LogP contribution >= 0.6 is 23.2 Å². The van der Waals surface area contributed by atoms with Crippen LogP contribution in [0.15, 0.2) is 43.0 Å². The Morgan fingerprint density at radius 2 is 2.09 bits per heavy atom. The molecule has 0 unspecified atom stereocenters. The summed E-state index contributed by atoms with van der Waals surface area (Å²) in [6, 6.07) is 6.30. The lowest BCUT2D eigenvalue weighted by Gasteiger charge is -2.15. The molecular weight excluding hydrogens is 519 g/mol. The van der Waals surface area contributed by atoms with E-state index in [1.807, 2.05) is 4.72 Å². The molecule has 0 spiro atoms. The maximum atomic E-state index is 13.2. The molecule has 2 heterocycles. The second-order valence-corrected chi connectivity index (χ2v) is 10.3. The molecule has 1 fully saturated rings. The quantitative estimate of drug-likeness (QED) is 0.346. The van der Waals surface area contributed by atoms with Crippen molar-refractivity contribution < 1.29 is 22.5 Å². The smallest absolute Gasteiger partial charge is 0.335 e. The molecule has 14 heteroatoms. The van der Waals surface area contributed by atoms with Gasteiger partial charge in [-0.25, -0.2) is 9.97 Å². The van der Waals surface area contributed by atoms with Gasteiger partial charge in [0, 0.05) is 35.5 Å². The summed E-state index contributed by atoms with van der Waals surface area (Å²) in [6.07, 6.45) is 2.76. The fourth-order valence-corrected chi connectivity index (χ4v) is 4.76. The topological polar surface area (TPSA) is 148 Å². The number of benzene rings is 1. The van der Waals surface area contributed by atoms with Gasteiger partial charge >= 0.3 is 10.3 Å². The Kier molecular flexibility index (Phi) is 7.69. The molecule has 35 heavy (non-hydrogen) atoms. The summed E-state index contributed by atoms with van der Waals surface area (Å²) >= 11 is 12.3. The van der Waals surface area contributed by atoms with E-state index in [-0.39, 0.29) is 36.0 Å². The van der Waals surface area contributed by atoms with Crippen molar-refractivity contribution in [2.24, 2.45) is 0 Å². The number of halogens is 2. The fraction of sp³-hybridized carbons (Fsp3) is 0.333. The lowest BCUT2D eigenvalue weighted by molar-refractivity contribution is 0.0636. The van der Waals surface area contributed by atoms with Crippen molar-refractivity contribution in [1.82, 2.24) is 24.5 Å². The van der Waals surface area contributed by atoms with E-state index >= 15 is 0 Å². The summed E-state index contributed by atoms with van der Waals surface area (Å²) in [7, 11) is -2.74. The van der Waals surface area contributed by atoms with E-state index in [1.54, 1.807) is 35.1 Å². The van der Waals surface area contributed by atoms with Gasteiger partial charge < -0.3 is 10.4 Å². The van der Waals surface area contributed by atoms with E-state index < -0.39 is 28.3 Å². The third-order valence-corrected chi connectivity index (χ3v) is 7.09. The number of nitrogens with zero attached hydrogens (tertiary/aromatic N) is 4. The van der Waals surface area contributed by atoms with Crippen molar-refractivity contribution in [3.63, 3.8) is 0 Å². The van der Waals surface area contributed by atoms with Crippen LogP contribution in [-0.4, -0.2) is 64.4 Å². The summed E-state index contributed by atoms with van der Waals surface area (Å²) < 4.78 is 31.9. The Morgan fingerprint density at radius 1 is 1.29 bits per heavy atom. The molecule has 0 bridgehead atoms. The number of anilines is 1. The highest BCUT2D eigenvalue weighted by molar-refractivity contribution is 7.84. The minimum absolute atomic E-state index is 0.175. The largest absolute Gasteiger partial charge is 0.390 e. The Hall–Kier alpha value is -2.61. The highest BCUT2D eigenvalue weighted by Gasteiger charge is 2.37. The number of carbonyl (C=O) groups excluding carboxylic acids is 1. The van der Waals surface area contributed by atoms with Crippen LogP contribution in [0, 0.1) is 0 Å². The zero-order valence-corrected chi connectivity index (χ0v) is 20.8. The maximum absolute atomic E-state index is 13.2. The van der Waals surface area contributed by atoms with E-state index in [0.29, 0.717) is 16.6 Å². The Morgan fingerprint density at radius 3 is 2.86 bits per heavy atom. The third kappa shape index (κ3) is 6.15. The molecule has 2 aromatic heterocycles. The number of hydrogen-bond donors (Lipinski definition) is 3. The van der Waals surface area contributed by atoms with Crippen molar-refractivity contribution in [2.45, 2.75) is 37.6 Å². The van der Waals surface area contributed by atoms with E-state index in [2.05, 4.69) is 20.4 Å². The van der Waals surface area contributed by atoms with Crippen molar-refractivity contribution in [3.05, 3.63) is 69.9 Å². The molecule has 1 aliphatic rings. The Labute approximate surface area is 211 Å². The number of hydrogen-bond acceptors (Lipinski definition) is 9. The van der Waals surface area contributed by atoms with Gasteiger partial charge in [-0.1, -0.05) is 23.2 Å². The van der Waals surface area contributed by atoms with Crippen molar-refractivity contribution >= 4 is 45.1 Å². The number of aliphatic hydroxyl groups excluding tert-OH is 1. The first kappa shape index (κ1) is 25.5. The predicted molar refractivity (Wildman–Crippen MR) is 129 cm³/mol. The summed E-state index contributed by atoms with van der Waals surface area (Å²) in [5.74, 6) is -0.167. The highest BCUT2D eigenvalue weighted by Crippen LogP contribution is 2.28. The SMILES string of the molecule is CNS(=O)(=O)O[C@@H]1C[C@H](Nc2ncncc2C(=O)c2ccn(Cc3cc(Cl)ccc3Cl)n2)C[C@@H]1O. The average molecular weight is 541 g/mol. The molecule has 3 N–H and O–H groups in total. The van der Waals surface area contributed by atoms with E-state index in [9.17, 15) is 18.3 Å². The first-order chi connectivity index (χ1) is 16.6. The molecule has 11 nitrogen and oxygen atoms in total. The number of aromatic nitrogens is 4. The number of nitrogens with one attached hydrogen (secondary N) is 2. The number of aliphatic hydroxyl groups is 1. The normalized spacial score (nSPS) is 20.2. The second kappa shape index (κ2) is 10.6. The van der Waals surface area contributed by atoms with E-state index in [4.69, 9.17) is 27.4 Å². The van der Waals surface area contributed by atoms with Crippen LogP contribution in [0.2, 0.25) is 10.0 Å². The summed E-state index contributed by atoms with van der Waals surface area (Å²) in [6.45, 7) is 0.319. The first-order valence-corrected chi connectivity index (χ1v) is 12.7. The van der Waals surface area contributed by atoms with Gasteiger partial charge in [0.2, 0.25) is 5.78 Å². The van der Waals surface area contributed by atoms with Crippen LogP contribution in [0.4, 0.5) is 5.82 Å². The third-order valence-electron chi connectivity index (χ3n) is 5.48. The lowest BCUT2D eigenvalue weighted by atomic mass is 10.1. The molecule has 0 amide bonds. The van der Waals surface area contributed by atoms with Gasteiger partial charge in [0.25, 0.3) is 0 Å². The molecule has 3 atom stereocenters. The number of ketones is 1. The van der Waals surface area contributed by atoms with Crippen molar-refractivity contribution in [3.8, 4) is 0 Å². The molecule has 1 aliphatic carbocycles. The van der Waals surface area contributed by atoms with Crippen LogP contribution in [0.25, 0.3) is 0 Å². The summed E-state index contributed by atoms with van der Waals surface area (Å²) in [5.41, 5.74) is 1.11. The minimum atomic E-state index is -3.96. The molecular formula is C21H22Cl2N6O5S. The van der Waals surface area contributed by atoms with Gasteiger partial charge in [0.05, 0.1) is 18.2 Å². The summed E-state index contributed by atoms with van der Waals surface area (Å²) in [5, 5.41) is 18.7. The number of rotatable bonds is 9.